The number of aldehydes is 1. The first-order valence-corrected chi connectivity index (χ1v) is 14.9. The van der Waals surface area contributed by atoms with Crippen LogP contribution in [0, 0.1) is 5.41 Å². The number of rotatable bonds is 12. The van der Waals surface area contributed by atoms with Crippen molar-refractivity contribution in [3.63, 3.8) is 0 Å². The first-order chi connectivity index (χ1) is 19.4. The number of allylic oxidation sites excluding steroid dienone is 3. The van der Waals surface area contributed by atoms with Crippen molar-refractivity contribution in [2.75, 3.05) is 18.1 Å². The number of benzene rings is 1. The summed E-state index contributed by atoms with van der Waals surface area (Å²) in [5, 5.41) is 18.9. The van der Waals surface area contributed by atoms with Gasteiger partial charge in [0.2, 0.25) is 17.7 Å². The fourth-order valence-corrected chi connectivity index (χ4v) is 7.02. The first kappa shape index (κ1) is 30.5. The van der Waals surface area contributed by atoms with Gasteiger partial charge in [-0.05, 0) is 68.4 Å². The molecular formula is C31H37N3O6S. The number of ketones is 1. The molecule has 1 aromatic carbocycles. The minimum absolute atomic E-state index is 0.243. The van der Waals surface area contributed by atoms with Crippen molar-refractivity contribution in [3.05, 3.63) is 69.8 Å². The largest absolute Gasteiger partial charge is 0.381 e. The number of amides is 3. The second kappa shape index (κ2) is 12.2. The molecule has 3 amide bonds. The summed E-state index contributed by atoms with van der Waals surface area (Å²) in [6.45, 7) is 6.52. The van der Waals surface area contributed by atoms with Crippen LogP contribution < -0.4 is 16.0 Å². The van der Waals surface area contributed by atoms with Crippen molar-refractivity contribution in [1.29, 1.82) is 0 Å². The highest BCUT2D eigenvalue weighted by Crippen LogP contribution is 2.65. The summed E-state index contributed by atoms with van der Waals surface area (Å²) < 4.78 is 0. The molecule has 1 saturated carbocycles. The Labute approximate surface area is 244 Å². The van der Waals surface area contributed by atoms with Crippen molar-refractivity contribution in [3.8, 4) is 0 Å². The highest BCUT2D eigenvalue weighted by molar-refractivity contribution is 7.99. The van der Waals surface area contributed by atoms with Gasteiger partial charge in [0.05, 0.1) is 12.6 Å². The van der Waals surface area contributed by atoms with E-state index in [-0.39, 0.29) is 24.0 Å². The molecule has 2 unspecified atom stereocenters. The average Bonchev–Trinajstić information content (AvgIpc) is 3.69. The molecule has 0 heterocycles. The van der Waals surface area contributed by atoms with E-state index in [0.717, 1.165) is 40.7 Å². The molecule has 1 aromatic rings. The van der Waals surface area contributed by atoms with Gasteiger partial charge >= 0.3 is 0 Å². The highest BCUT2D eigenvalue weighted by Gasteiger charge is 2.65. The maximum Gasteiger partial charge on any atom is 0.243 e. The lowest BCUT2D eigenvalue weighted by molar-refractivity contribution is -0.137. The second-order valence-electron chi connectivity index (χ2n) is 11.2. The van der Waals surface area contributed by atoms with E-state index in [1.165, 1.54) is 18.7 Å². The molecule has 3 aliphatic rings. The van der Waals surface area contributed by atoms with E-state index in [9.17, 15) is 29.1 Å². The monoisotopic (exact) mass is 579 g/mol. The van der Waals surface area contributed by atoms with Crippen molar-refractivity contribution < 1.29 is 29.1 Å². The van der Waals surface area contributed by atoms with Crippen molar-refractivity contribution in [1.82, 2.24) is 16.0 Å². The van der Waals surface area contributed by atoms with Gasteiger partial charge in [0, 0.05) is 29.4 Å². The fourth-order valence-electron chi connectivity index (χ4n) is 5.86. The molecule has 1 spiro atoms. The summed E-state index contributed by atoms with van der Waals surface area (Å²) in [7, 11) is 0. The number of thioether (sulfide) groups is 1. The summed E-state index contributed by atoms with van der Waals surface area (Å²) in [6.07, 6.45) is 4.37. The number of Topliss-reactive ketones (excluding diaryl/α,β-unsaturated/α-hetero) is 1. The van der Waals surface area contributed by atoms with Gasteiger partial charge in [-0.1, -0.05) is 35.9 Å². The van der Waals surface area contributed by atoms with E-state index in [1.807, 2.05) is 50.3 Å². The molecule has 9 nitrogen and oxygen atoms in total. The summed E-state index contributed by atoms with van der Waals surface area (Å²) >= 11 is 1.44. The minimum Gasteiger partial charge on any atom is -0.381 e. The van der Waals surface area contributed by atoms with Gasteiger partial charge in [-0.3, -0.25) is 19.2 Å². The predicted molar refractivity (Wildman–Crippen MR) is 157 cm³/mol. The van der Waals surface area contributed by atoms with Gasteiger partial charge in [-0.25, -0.2) is 0 Å². The van der Waals surface area contributed by atoms with E-state index in [1.54, 1.807) is 6.92 Å². The Hall–Kier alpha value is -3.50. The lowest BCUT2D eigenvalue weighted by Crippen LogP contribution is -2.51. The van der Waals surface area contributed by atoms with Gasteiger partial charge in [0.15, 0.2) is 5.78 Å². The van der Waals surface area contributed by atoms with Crippen molar-refractivity contribution in [2.45, 2.75) is 64.6 Å². The molecule has 10 heteroatoms. The molecule has 0 aromatic heterocycles. The molecule has 4 N–H and O–H groups in total. The summed E-state index contributed by atoms with van der Waals surface area (Å²) in [4.78, 5) is 61.8. The van der Waals surface area contributed by atoms with E-state index in [4.69, 9.17) is 0 Å². The number of aliphatic hydroxyl groups is 1. The van der Waals surface area contributed by atoms with Gasteiger partial charge in [-0.15, -0.1) is 0 Å². The van der Waals surface area contributed by atoms with Gasteiger partial charge in [0.1, 0.15) is 17.9 Å². The Morgan fingerprint density at radius 1 is 1.12 bits per heavy atom. The molecule has 4 rings (SSSR count). The Morgan fingerprint density at radius 2 is 1.80 bits per heavy atom. The number of nitrogens with one attached hydrogen (secondary N) is 3. The third-order valence-electron chi connectivity index (χ3n) is 8.33. The van der Waals surface area contributed by atoms with Crippen LogP contribution in [0.25, 0.3) is 0 Å². The molecule has 0 aliphatic heterocycles. The van der Waals surface area contributed by atoms with Crippen LogP contribution in [0.4, 0.5) is 0 Å². The van der Waals surface area contributed by atoms with Gasteiger partial charge in [0.25, 0.3) is 0 Å². The van der Waals surface area contributed by atoms with Crippen LogP contribution in [-0.2, 0) is 30.4 Å². The van der Waals surface area contributed by atoms with Crippen molar-refractivity contribution >= 4 is 41.6 Å². The van der Waals surface area contributed by atoms with Crippen LogP contribution in [0.2, 0.25) is 0 Å². The molecule has 41 heavy (non-hydrogen) atoms. The maximum atomic E-state index is 13.2. The molecule has 1 fully saturated rings. The zero-order valence-corrected chi connectivity index (χ0v) is 24.7. The molecule has 3 atom stereocenters. The minimum atomic E-state index is -1.41. The Balaban J connectivity index is 1.34. The smallest absolute Gasteiger partial charge is 0.243 e. The van der Waals surface area contributed by atoms with Crippen LogP contribution in [0.1, 0.15) is 46.1 Å². The summed E-state index contributed by atoms with van der Waals surface area (Å²) in [5.41, 5.74) is 3.39. The Morgan fingerprint density at radius 3 is 2.41 bits per heavy atom. The predicted octanol–water partition coefficient (Wildman–Crippen LogP) is 1.95. The maximum absolute atomic E-state index is 13.2. The van der Waals surface area contributed by atoms with Crippen molar-refractivity contribution in [2.24, 2.45) is 5.41 Å². The van der Waals surface area contributed by atoms with Crippen LogP contribution in [-0.4, -0.2) is 70.6 Å². The van der Waals surface area contributed by atoms with Crippen LogP contribution in [0.5, 0.6) is 0 Å². The van der Waals surface area contributed by atoms with E-state index < -0.39 is 34.9 Å². The standard InChI is InChI=1S/C31H37N3O6S/c1-18-12-23-27(19(2)31(10-11-31)30(4,40)28(23)38)24(18)16-41-17-25(33-20(3)36)29(39)32-14-26(37)34-22(15-35)13-21-8-6-5-7-9-21/h5-9,12,15,22,25,40H,10-11,13-14,16-17H2,1-4H3,(H,32,39)(H,33,36)(H,34,37)/t22?,25?,30-/m0/s1. The van der Waals surface area contributed by atoms with E-state index in [2.05, 4.69) is 16.0 Å². The summed E-state index contributed by atoms with van der Waals surface area (Å²) in [5.74, 6) is -0.902. The zero-order chi connectivity index (χ0) is 29.9. The third-order valence-corrected chi connectivity index (χ3v) is 9.39. The number of hydrogen-bond acceptors (Lipinski definition) is 7. The topological polar surface area (TPSA) is 142 Å². The van der Waals surface area contributed by atoms with Crippen LogP contribution >= 0.6 is 11.8 Å². The average molecular weight is 580 g/mol. The number of fused-ring (bicyclic) bond motifs is 1. The molecular weight excluding hydrogens is 542 g/mol. The SMILES string of the molecule is CC(=O)NC(CSCC1=C(C)C=C2C(=O)[C@](C)(O)C3(CC3)C(C)=C21)C(=O)NCC(=O)NC(C=O)Cc1ccccc1. The molecule has 0 bridgehead atoms. The molecule has 218 valence electrons. The van der Waals surface area contributed by atoms with Gasteiger partial charge in [-0.2, -0.15) is 11.8 Å². The highest BCUT2D eigenvalue weighted by atomic mass is 32.2. The van der Waals surface area contributed by atoms with Crippen LogP contribution in [0.3, 0.4) is 0 Å². The summed E-state index contributed by atoms with van der Waals surface area (Å²) in [6, 6.07) is 7.66. The van der Waals surface area contributed by atoms with E-state index in [0.29, 0.717) is 24.0 Å². The molecule has 3 aliphatic carbocycles. The Kier molecular flexibility index (Phi) is 9.03. The quantitative estimate of drug-likeness (QED) is 0.277. The van der Waals surface area contributed by atoms with Crippen LogP contribution in [0.15, 0.2) is 64.3 Å². The second-order valence-corrected chi connectivity index (χ2v) is 12.2. The van der Waals surface area contributed by atoms with E-state index >= 15 is 0 Å². The van der Waals surface area contributed by atoms with Gasteiger partial charge < -0.3 is 25.9 Å². The number of hydrogen-bond donors (Lipinski definition) is 4. The molecule has 0 saturated heterocycles. The fraction of sp³-hybridized carbons (Fsp3) is 0.452. The lowest BCUT2D eigenvalue weighted by Gasteiger charge is -2.39. The lowest BCUT2D eigenvalue weighted by atomic mass is 9.67. The number of carbonyl (C=O) groups is 5. The number of carbonyl (C=O) groups excluding carboxylic acids is 5. The normalized spacial score (nSPS) is 22.1. The third kappa shape index (κ3) is 6.23. The first-order valence-electron chi connectivity index (χ1n) is 13.7. The molecule has 0 radical (unpaired) electrons. The Bertz CT molecular complexity index is 1360. The zero-order valence-electron chi connectivity index (χ0n) is 23.8.